The fourth-order valence-electron chi connectivity index (χ4n) is 3.63. The van der Waals surface area contributed by atoms with E-state index in [-0.39, 0.29) is 0 Å². The maximum absolute atomic E-state index is 5.27. The topological polar surface area (TPSA) is 41.3 Å². The first-order valence-electron chi connectivity index (χ1n) is 7.61. The molecule has 0 aromatic carbocycles. The fraction of sp³-hybridized carbons (Fsp3) is 0.800. The molecule has 1 aromatic heterocycles. The zero-order chi connectivity index (χ0) is 13.2. The van der Waals surface area contributed by atoms with Gasteiger partial charge in [0.25, 0.3) is 0 Å². The van der Waals surface area contributed by atoms with Crippen LogP contribution >= 0.6 is 0 Å². The Hall–Kier alpha value is -0.870. The second kappa shape index (κ2) is 5.63. The van der Waals surface area contributed by atoms with Crippen molar-refractivity contribution in [1.82, 2.24) is 15.4 Å². The van der Waals surface area contributed by atoms with Gasteiger partial charge >= 0.3 is 0 Å². The van der Waals surface area contributed by atoms with Crippen molar-refractivity contribution in [3.8, 4) is 0 Å². The molecule has 1 N–H and O–H groups in total. The molecule has 2 aliphatic rings. The molecule has 19 heavy (non-hydrogen) atoms. The molecule has 2 atom stereocenters. The molecule has 2 unspecified atom stereocenters. The molecule has 2 saturated heterocycles. The van der Waals surface area contributed by atoms with Crippen molar-refractivity contribution >= 4 is 0 Å². The van der Waals surface area contributed by atoms with Gasteiger partial charge in [-0.2, -0.15) is 0 Å². The summed E-state index contributed by atoms with van der Waals surface area (Å²) in [6.07, 6.45) is 5.43. The maximum atomic E-state index is 5.27. The Morgan fingerprint density at radius 2 is 2.21 bits per heavy atom. The van der Waals surface area contributed by atoms with Crippen molar-refractivity contribution in [3.05, 3.63) is 17.0 Å². The average molecular weight is 263 g/mol. The van der Waals surface area contributed by atoms with Crippen LogP contribution in [0.4, 0.5) is 0 Å². The Bertz CT molecular complexity index is 404. The van der Waals surface area contributed by atoms with Gasteiger partial charge in [0.15, 0.2) is 0 Å². The number of hydrogen-bond donors (Lipinski definition) is 1. The molecule has 0 bridgehead atoms. The molecule has 4 heteroatoms. The number of piperidine rings is 1. The summed E-state index contributed by atoms with van der Waals surface area (Å²) >= 11 is 0. The van der Waals surface area contributed by atoms with Crippen molar-refractivity contribution in [2.45, 2.75) is 52.1 Å². The van der Waals surface area contributed by atoms with Gasteiger partial charge in [-0.05, 0) is 58.5 Å². The van der Waals surface area contributed by atoms with E-state index in [4.69, 9.17) is 4.52 Å². The van der Waals surface area contributed by atoms with E-state index in [1.54, 1.807) is 0 Å². The molecular formula is C15H25N3O. The van der Waals surface area contributed by atoms with E-state index in [2.05, 4.69) is 15.4 Å². The highest BCUT2D eigenvalue weighted by atomic mass is 16.5. The van der Waals surface area contributed by atoms with Gasteiger partial charge in [-0.25, -0.2) is 0 Å². The van der Waals surface area contributed by atoms with Crippen LogP contribution in [0.15, 0.2) is 4.52 Å². The van der Waals surface area contributed by atoms with Gasteiger partial charge in [0.05, 0.1) is 5.69 Å². The van der Waals surface area contributed by atoms with Crippen LogP contribution in [-0.2, 0) is 6.54 Å². The number of hydrogen-bond acceptors (Lipinski definition) is 4. The normalized spacial score (nSPS) is 28.9. The third-order valence-electron chi connectivity index (χ3n) is 4.77. The summed E-state index contributed by atoms with van der Waals surface area (Å²) < 4.78 is 5.27. The number of nitrogens with zero attached hydrogens (tertiary/aromatic N) is 2. The highest BCUT2D eigenvalue weighted by Crippen LogP contribution is 2.26. The van der Waals surface area contributed by atoms with Crippen molar-refractivity contribution < 1.29 is 4.52 Å². The second-order valence-corrected chi connectivity index (χ2v) is 6.14. The van der Waals surface area contributed by atoms with E-state index < -0.39 is 0 Å². The minimum atomic E-state index is 0.757. The second-order valence-electron chi connectivity index (χ2n) is 6.14. The summed E-state index contributed by atoms with van der Waals surface area (Å²) in [5.41, 5.74) is 2.35. The monoisotopic (exact) mass is 263 g/mol. The SMILES string of the molecule is Cc1noc(C)c1CN1CCCC(C2CCCN2)C1. The predicted octanol–water partition coefficient (Wildman–Crippen LogP) is 2.26. The highest BCUT2D eigenvalue weighted by Gasteiger charge is 2.29. The Kier molecular flexibility index (Phi) is 3.89. The highest BCUT2D eigenvalue weighted by molar-refractivity contribution is 5.20. The minimum absolute atomic E-state index is 0.757. The van der Waals surface area contributed by atoms with Gasteiger partial charge in [-0.1, -0.05) is 5.16 Å². The molecule has 3 heterocycles. The van der Waals surface area contributed by atoms with Crippen molar-refractivity contribution in [2.24, 2.45) is 5.92 Å². The van der Waals surface area contributed by atoms with Crippen LogP contribution in [0.25, 0.3) is 0 Å². The molecule has 0 spiro atoms. The summed E-state index contributed by atoms with van der Waals surface area (Å²) in [7, 11) is 0. The molecule has 0 radical (unpaired) electrons. The first kappa shape index (κ1) is 13.1. The summed E-state index contributed by atoms with van der Waals surface area (Å²) in [6.45, 7) is 8.73. The first-order valence-corrected chi connectivity index (χ1v) is 7.61. The zero-order valence-corrected chi connectivity index (χ0v) is 12.1. The van der Waals surface area contributed by atoms with Crippen LogP contribution in [0.5, 0.6) is 0 Å². The molecule has 4 nitrogen and oxygen atoms in total. The Morgan fingerprint density at radius 3 is 2.89 bits per heavy atom. The largest absolute Gasteiger partial charge is 0.361 e. The lowest BCUT2D eigenvalue weighted by atomic mass is 9.89. The Morgan fingerprint density at radius 1 is 1.32 bits per heavy atom. The summed E-state index contributed by atoms with van der Waals surface area (Å²) in [6, 6.07) is 0.757. The molecule has 2 fully saturated rings. The Balaban J connectivity index is 1.62. The molecule has 1 aromatic rings. The van der Waals surface area contributed by atoms with Gasteiger partial charge in [0.1, 0.15) is 5.76 Å². The van der Waals surface area contributed by atoms with Crippen LogP contribution < -0.4 is 5.32 Å². The quantitative estimate of drug-likeness (QED) is 0.908. The summed E-state index contributed by atoms with van der Waals surface area (Å²) in [5, 5.41) is 7.74. The molecule has 3 rings (SSSR count). The molecule has 0 aliphatic carbocycles. The number of likely N-dealkylation sites (tertiary alicyclic amines) is 1. The van der Waals surface area contributed by atoms with Gasteiger partial charge in [0, 0.05) is 24.7 Å². The van der Waals surface area contributed by atoms with E-state index >= 15 is 0 Å². The molecule has 106 valence electrons. The summed E-state index contributed by atoms with van der Waals surface area (Å²) in [4.78, 5) is 2.58. The summed E-state index contributed by atoms with van der Waals surface area (Å²) in [5.74, 6) is 1.82. The number of rotatable bonds is 3. The number of nitrogens with one attached hydrogen (secondary N) is 1. The third-order valence-corrected chi connectivity index (χ3v) is 4.77. The van der Waals surface area contributed by atoms with Crippen molar-refractivity contribution in [2.75, 3.05) is 19.6 Å². The lowest BCUT2D eigenvalue weighted by Gasteiger charge is -2.35. The predicted molar refractivity (Wildman–Crippen MR) is 75.0 cm³/mol. The zero-order valence-electron chi connectivity index (χ0n) is 12.1. The first-order chi connectivity index (χ1) is 9.24. The van der Waals surface area contributed by atoms with E-state index in [0.717, 1.165) is 30.0 Å². The van der Waals surface area contributed by atoms with E-state index in [1.807, 2.05) is 13.8 Å². The van der Waals surface area contributed by atoms with Gasteiger partial charge in [-0.3, -0.25) is 4.90 Å². The van der Waals surface area contributed by atoms with Crippen LogP contribution in [0.2, 0.25) is 0 Å². The minimum Gasteiger partial charge on any atom is -0.361 e. The number of aryl methyl sites for hydroxylation is 2. The van der Waals surface area contributed by atoms with Crippen LogP contribution in [-0.4, -0.2) is 35.7 Å². The van der Waals surface area contributed by atoms with E-state index in [0.29, 0.717) is 0 Å². The fourth-order valence-corrected chi connectivity index (χ4v) is 3.63. The molecule has 0 amide bonds. The number of aromatic nitrogens is 1. The standard InChI is InChI=1S/C15H25N3O/c1-11-14(12(2)19-17-11)10-18-8-4-5-13(9-18)15-6-3-7-16-15/h13,15-16H,3-10H2,1-2H3. The van der Waals surface area contributed by atoms with Crippen LogP contribution in [0.1, 0.15) is 42.7 Å². The molecule has 2 aliphatic heterocycles. The smallest absolute Gasteiger partial charge is 0.138 e. The van der Waals surface area contributed by atoms with E-state index in [1.165, 1.54) is 50.9 Å². The van der Waals surface area contributed by atoms with Gasteiger partial charge in [-0.15, -0.1) is 0 Å². The Labute approximate surface area is 115 Å². The van der Waals surface area contributed by atoms with Crippen LogP contribution in [0, 0.1) is 19.8 Å². The molecular weight excluding hydrogens is 238 g/mol. The molecule has 0 saturated carbocycles. The van der Waals surface area contributed by atoms with Crippen molar-refractivity contribution in [1.29, 1.82) is 0 Å². The average Bonchev–Trinajstić information content (AvgIpc) is 3.05. The van der Waals surface area contributed by atoms with Crippen LogP contribution in [0.3, 0.4) is 0 Å². The van der Waals surface area contributed by atoms with Gasteiger partial charge < -0.3 is 9.84 Å². The maximum Gasteiger partial charge on any atom is 0.138 e. The lowest BCUT2D eigenvalue weighted by Crippen LogP contribution is -2.43. The van der Waals surface area contributed by atoms with E-state index in [9.17, 15) is 0 Å². The lowest BCUT2D eigenvalue weighted by molar-refractivity contribution is 0.144. The third kappa shape index (κ3) is 2.84. The van der Waals surface area contributed by atoms with Gasteiger partial charge in [0.2, 0.25) is 0 Å². The van der Waals surface area contributed by atoms with Crippen molar-refractivity contribution in [3.63, 3.8) is 0 Å².